The first-order valence-electron chi connectivity index (χ1n) is 6.52. The van der Waals surface area contributed by atoms with Gasteiger partial charge in [-0.1, -0.05) is 6.92 Å². The van der Waals surface area contributed by atoms with Crippen molar-refractivity contribution in [2.75, 3.05) is 13.2 Å². The van der Waals surface area contributed by atoms with E-state index in [1.165, 1.54) is 10.0 Å². The molecule has 1 aliphatic heterocycles. The average Bonchev–Trinajstić information content (AvgIpc) is 2.85. The Labute approximate surface area is 107 Å². The molecule has 18 heavy (non-hydrogen) atoms. The third-order valence-corrected chi connectivity index (χ3v) is 3.62. The zero-order chi connectivity index (χ0) is 13.3. The van der Waals surface area contributed by atoms with Gasteiger partial charge in [-0.25, -0.2) is 19.6 Å². The van der Waals surface area contributed by atoms with E-state index in [0.29, 0.717) is 19.1 Å². The van der Waals surface area contributed by atoms with Crippen LogP contribution in [0, 0.1) is 5.92 Å². The summed E-state index contributed by atoms with van der Waals surface area (Å²) in [7, 11) is 0. The fraction of sp³-hybridized carbons (Fsp3) is 0.833. The van der Waals surface area contributed by atoms with Crippen LogP contribution in [0.5, 0.6) is 0 Å². The number of carbonyl (C=O) groups excluding carboxylic acids is 2. The van der Waals surface area contributed by atoms with E-state index < -0.39 is 12.2 Å². The lowest BCUT2D eigenvalue weighted by Crippen LogP contribution is -2.55. The average molecular weight is 256 g/mol. The Morgan fingerprint density at radius 1 is 1.06 bits per heavy atom. The predicted molar refractivity (Wildman–Crippen MR) is 63.7 cm³/mol. The van der Waals surface area contributed by atoms with Crippen LogP contribution in [0.4, 0.5) is 9.59 Å². The Kier molecular flexibility index (Phi) is 3.63. The molecule has 1 saturated carbocycles. The number of hydrogen-bond acceptors (Lipinski definition) is 4. The molecule has 3 atom stereocenters. The highest BCUT2D eigenvalue weighted by atomic mass is 16.6. The van der Waals surface area contributed by atoms with Crippen molar-refractivity contribution in [3.05, 3.63) is 0 Å². The molecule has 6 heteroatoms. The van der Waals surface area contributed by atoms with Crippen LogP contribution in [0.25, 0.3) is 0 Å². The Morgan fingerprint density at radius 2 is 1.61 bits per heavy atom. The van der Waals surface area contributed by atoms with Gasteiger partial charge in [0.2, 0.25) is 0 Å². The molecular formula is C12H20N2O4. The first kappa shape index (κ1) is 13.0. The molecular weight excluding hydrogens is 236 g/mol. The summed E-state index contributed by atoms with van der Waals surface area (Å²) >= 11 is 0. The van der Waals surface area contributed by atoms with Crippen LogP contribution in [-0.2, 0) is 9.47 Å². The minimum Gasteiger partial charge on any atom is -0.448 e. The molecule has 0 radical (unpaired) electrons. The standard InChI is InChI=1S/C12H20N2O4/c1-4-17-11(15)13-9-6-8(3)10(7-9)14(13)12(16)18-5-2/h8-10H,4-7H2,1-3H3. The number of amides is 2. The van der Waals surface area contributed by atoms with Gasteiger partial charge in [-0.3, -0.25) is 0 Å². The van der Waals surface area contributed by atoms with Gasteiger partial charge in [0, 0.05) is 0 Å². The summed E-state index contributed by atoms with van der Waals surface area (Å²) in [6, 6.07) is 0.118. The van der Waals surface area contributed by atoms with Crippen LogP contribution >= 0.6 is 0 Å². The van der Waals surface area contributed by atoms with E-state index in [0.717, 1.165) is 12.8 Å². The number of ether oxygens (including phenoxy) is 2. The molecule has 0 aromatic heterocycles. The van der Waals surface area contributed by atoms with Crippen LogP contribution < -0.4 is 0 Å². The summed E-state index contributed by atoms with van der Waals surface area (Å²) in [6.45, 7) is 6.21. The van der Waals surface area contributed by atoms with Gasteiger partial charge in [0.1, 0.15) is 0 Å². The molecule has 1 aliphatic carbocycles. The smallest absolute Gasteiger partial charge is 0.429 e. The van der Waals surface area contributed by atoms with E-state index in [1.54, 1.807) is 13.8 Å². The monoisotopic (exact) mass is 256 g/mol. The highest BCUT2D eigenvalue weighted by Gasteiger charge is 2.53. The molecule has 0 aromatic carbocycles. The molecule has 2 aliphatic rings. The molecule has 1 heterocycles. The van der Waals surface area contributed by atoms with Crippen molar-refractivity contribution in [2.45, 2.75) is 45.7 Å². The van der Waals surface area contributed by atoms with Gasteiger partial charge in [-0.05, 0) is 32.6 Å². The second kappa shape index (κ2) is 5.04. The van der Waals surface area contributed by atoms with Gasteiger partial charge in [0.05, 0.1) is 25.3 Å². The molecule has 0 spiro atoms. The number of rotatable bonds is 2. The minimum absolute atomic E-state index is 0.0541. The zero-order valence-electron chi connectivity index (χ0n) is 11.1. The van der Waals surface area contributed by atoms with Crippen LogP contribution in [-0.4, -0.2) is 47.5 Å². The highest BCUT2D eigenvalue weighted by Crippen LogP contribution is 2.42. The molecule has 0 N–H and O–H groups in total. The van der Waals surface area contributed by atoms with Gasteiger partial charge in [0.15, 0.2) is 0 Å². The predicted octanol–water partition coefficient (Wildman–Crippen LogP) is 2.00. The normalized spacial score (nSPS) is 29.6. The third kappa shape index (κ3) is 2.00. The third-order valence-electron chi connectivity index (χ3n) is 3.62. The molecule has 2 bridgehead atoms. The first-order chi connectivity index (χ1) is 8.60. The van der Waals surface area contributed by atoms with E-state index in [-0.39, 0.29) is 12.1 Å². The Bertz CT molecular complexity index is 347. The van der Waals surface area contributed by atoms with Crippen LogP contribution in [0.1, 0.15) is 33.6 Å². The largest absolute Gasteiger partial charge is 0.448 e. The van der Waals surface area contributed by atoms with Crippen molar-refractivity contribution in [1.29, 1.82) is 0 Å². The quantitative estimate of drug-likeness (QED) is 0.758. The molecule has 2 rings (SSSR count). The lowest BCUT2D eigenvalue weighted by atomic mass is 10.1. The summed E-state index contributed by atoms with van der Waals surface area (Å²) < 4.78 is 10.0. The first-order valence-corrected chi connectivity index (χ1v) is 6.52. The molecule has 102 valence electrons. The number of fused-ring (bicyclic) bond motifs is 2. The second-order valence-corrected chi connectivity index (χ2v) is 4.76. The Hall–Kier alpha value is -1.46. The van der Waals surface area contributed by atoms with Gasteiger partial charge in [0.25, 0.3) is 0 Å². The highest BCUT2D eigenvalue weighted by molar-refractivity contribution is 5.76. The minimum atomic E-state index is -0.454. The van der Waals surface area contributed by atoms with E-state index in [4.69, 9.17) is 9.47 Å². The van der Waals surface area contributed by atoms with Crippen molar-refractivity contribution in [2.24, 2.45) is 5.92 Å². The fourth-order valence-corrected chi connectivity index (χ4v) is 2.91. The van der Waals surface area contributed by atoms with Gasteiger partial charge in [-0.2, -0.15) is 0 Å². The number of nitrogens with zero attached hydrogens (tertiary/aromatic N) is 2. The van der Waals surface area contributed by atoms with Gasteiger partial charge >= 0.3 is 12.2 Å². The van der Waals surface area contributed by atoms with Gasteiger partial charge < -0.3 is 9.47 Å². The zero-order valence-corrected chi connectivity index (χ0v) is 11.1. The maximum absolute atomic E-state index is 12.0. The topological polar surface area (TPSA) is 59.1 Å². The van der Waals surface area contributed by atoms with Crippen molar-refractivity contribution in [3.8, 4) is 0 Å². The van der Waals surface area contributed by atoms with Crippen LogP contribution in [0.2, 0.25) is 0 Å². The van der Waals surface area contributed by atoms with Crippen molar-refractivity contribution >= 4 is 12.2 Å². The van der Waals surface area contributed by atoms with Gasteiger partial charge in [-0.15, -0.1) is 0 Å². The number of hydrazine groups is 1. The molecule has 6 nitrogen and oxygen atoms in total. The summed E-state index contributed by atoms with van der Waals surface area (Å²) in [5.74, 6) is 0.394. The molecule has 1 saturated heterocycles. The SMILES string of the molecule is CCOC(=O)N1C2CC(C)C(C2)N1C(=O)OCC. The maximum atomic E-state index is 12.0. The van der Waals surface area contributed by atoms with Crippen LogP contribution in [0.15, 0.2) is 0 Å². The Morgan fingerprint density at radius 3 is 2.17 bits per heavy atom. The van der Waals surface area contributed by atoms with Crippen LogP contribution in [0.3, 0.4) is 0 Å². The Balaban J connectivity index is 2.16. The van der Waals surface area contributed by atoms with E-state index in [2.05, 4.69) is 6.92 Å². The number of carbonyl (C=O) groups is 2. The van der Waals surface area contributed by atoms with Crippen molar-refractivity contribution in [1.82, 2.24) is 10.0 Å². The summed E-state index contributed by atoms with van der Waals surface area (Å²) in [5, 5.41) is 2.88. The summed E-state index contributed by atoms with van der Waals surface area (Å²) in [6.07, 6.45) is 0.826. The molecule has 0 aromatic rings. The molecule has 2 fully saturated rings. The van der Waals surface area contributed by atoms with E-state index in [1.807, 2.05) is 0 Å². The lowest BCUT2D eigenvalue weighted by Gasteiger charge is -2.38. The second-order valence-electron chi connectivity index (χ2n) is 4.76. The lowest BCUT2D eigenvalue weighted by molar-refractivity contribution is -0.0503. The summed E-state index contributed by atoms with van der Waals surface area (Å²) in [5.41, 5.74) is 0. The van der Waals surface area contributed by atoms with Crippen molar-refractivity contribution in [3.63, 3.8) is 0 Å². The molecule has 2 amide bonds. The van der Waals surface area contributed by atoms with E-state index in [9.17, 15) is 9.59 Å². The summed E-state index contributed by atoms with van der Waals surface area (Å²) in [4.78, 5) is 23.9. The molecule has 3 unspecified atom stereocenters. The van der Waals surface area contributed by atoms with Crippen molar-refractivity contribution < 1.29 is 19.1 Å². The fourth-order valence-electron chi connectivity index (χ4n) is 2.91. The number of hydrogen-bond donors (Lipinski definition) is 0. The maximum Gasteiger partial charge on any atom is 0.429 e. The van der Waals surface area contributed by atoms with E-state index >= 15 is 0 Å².